The maximum absolute atomic E-state index is 13.6. The number of carbonyl (C=O) groups excluding carboxylic acids is 2. The largest absolute Gasteiger partial charge is 0.477 e. The van der Waals surface area contributed by atoms with Crippen molar-refractivity contribution < 1.29 is 104 Å². The summed E-state index contributed by atoms with van der Waals surface area (Å²) in [6.07, 6.45) is 28.0. The molecule has 0 aromatic rings. The lowest BCUT2D eigenvalue weighted by molar-refractivity contribution is -0.386. The molecule has 0 aromatic heterocycles. The van der Waals surface area contributed by atoms with Crippen molar-refractivity contribution >= 4 is 17.8 Å². The van der Waals surface area contributed by atoms with Gasteiger partial charge in [-0.05, 0) is 12.8 Å². The van der Waals surface area contributed by atoms with Crippen molar-refractivity contribution in [1.29, 1.82) is 0 Å². The molecule has 0 aliphatic carbocycles. The second kappa shape index (κ2) is 56.1. The molecular weight excluding hydrogens is 1280 g/mol. The summed E-state index contributed by atoms with van der Waals surface area (Å²) in [6.45, 7) is 2.27. The molecule has 23 heteroatoms. The molecule has 18 unspecified atom stereocenters. The number of hydrogen-bond donors (Lipinski definition) is 14. The Morgan fingerprint density at radius 1 is 0.485 bits per heavy atom. The summed E-state index contributed by atoms with van der Waals surface area (Å²) in [5.74, 6) is -6.09. The van der Waals surface area contributed by atoms with Crippen molar-refractivity contribution in [1.82, 2.24) is 10.6 Å². The van der Waals surface area contributed by atoms with Gasteiger partial charge in [0, 0.05) is 19.8 Å². The van der Waals surface area contributed by atoms with Crippen molar-refractivity contribution in [3.63, 3.8) is 0 Å². The second-order valence-electron chi connectivity index (χ2n) is 29.3. The lowest BCUT2D eigenvalue weighted by atomic mass is 9.88. The van der Waals surface area contributed by atoms with Gasteiger partial charge in [0.1, 0.15) is 67.1 Å². The van der Waals surface area contributed by atoms with Crippen LogP contribution in [0.1, 0.15) is 329 Å². The number of nitrogens with one attached hydrogen (secondary N) is 2. The fraction of sp³-hybridized carbons (Fsp3) is 0.961. The van der Waals surface area contributed by atoms with Gasteiger partial charge in [-0.15, -0.1) is 0 Å². The van der Waals surface area contributed by atoms with Crippen LogP contribution in [0.25, 0.3) is 0 Å². The number of aliphatic hydroxyl groups excluding tert-OH is 11. The van der Waals surface area contributed by atoms with Crippen molar-refractivity contribution in [2.24, 2.45) is 0 Å². The van der Waals surface area contributed by atoms with Crippen LogP contribution in [0.5, 0.6) is 0 Å². The molecule has 3 aliphatic heterocycles. The lowest BCUT2D eigenvalue weighted by Gasteiger charge is -2.50. The minimum Gasteiger partial charge on any atom is -0.477 e. The van der Waals surface area contributed by atoms with E-state index in [-0.39, 0.29) is 18.9 Å². The van der Waals surface area contributed by atoms with Crippen LogP contribution in [0.2, 0.25) is 0 Å². The molecule has 0 radical (unpaired) electrons. The Morgan fingerprint density at radius 2 is 0.879 bits per heavy atom. The molecule has 2 amide bonds. The van der Waals surface area contributed by atoms with E-state index in [4.69, 9.17) is 28.4 Å². The van der Waals surface area contributed by atoms with E-state index in [1.54, 1.807) is 0 Å². The van der Waals surface area contributed by atoms with E-state index in [1.165, 1.54) is 231 Å². The van der Waals surface area contributed by atoms with Crippen molar-refractivity contribution in [3.05, 3.63) is 0 Å². The average Bonchev–Trinajstić information content (AvgIpc) is 0.757. The summed E-state index contributed by atoms with van der Waals surface area (Å²) < 4.78 is 35.0. The van der Waals surface area contributed by atoms with E-state index in [2.05, 4.69) is 24.5 Å². The van der Waals surface area contributed by atoms with Gasteiger partial charge in [-0.2, -0.15) is 0 Å². The van der Waals surface area contributed by atoms with Crippen LogP contribution in [0.3, 0.4) is 0 Å². The predicted molar refractivity (Wildman–Crippen MR) is 380 cm³/mol. The van der Waals surface area contributed by atoms with Crippen LogP contribution in [-0.4, -0.2) is 215 Å². The molecule has 3 heterocycles. The highest BCUT2D eigenvalue weighted by molar-refractivity contribution is 5.77. The van der Waals surface area contributed by atoms with Crippen LogP contribution in [0.4, 0.5) is 0 Å². The molecule has 3 saturated heterocycles. The third-order valence-corrected chi connectivity index (χ3v) is 20.6. The summed E-state index contributed by atoms with van der Waals surface area (Å²) in [5, 5.41) is 137. The van der Waals surface area contributed by atoms with Crippen molar-refractivity contribution in [2.75, 3.05) is 26.4 Å². The highest BCUT2D eigenvalue weighted by Crippen LogP contribution is 2.39. The Balaban J connectivity index is 1.52. The fourth-order valence-electron chi connectivity index (χ4n) is 14.2. The minimum atomic E-state index is -3.08. The van der Waals surface area contributed by atoms with Crippen molar-refractivity contribution in [3.8, 4) is 0 Å². The summed E-state index contributed by atoms with van der Waals surface area (Å²) in [4.78, 5) is 38.7. The third-order valence-electron chi connectivity index (χ3n) is 20.6. The van der Waals surface area contributed by atoms with Gasteiger partial charge in [-0.3, -0.25) is 9.59 Å². The summed E-state index contributed by atoms with van der Waals surface area (Å²) >= 11 is 0. The molecule has 0 saturated carbocycles. The SMILES string of the molecule is CCCCCCCCCCCCCCCCCCCCCCCCCC(=O)NC(COC1OC(CO)C(OC2OC(CO)C(O)C(OC3(C(=O)O)CC(O)C(NC(C)=O)C(C(O)C(O)CO)O3)C2O)C(O)C1O)C(O)CCCCCCCCCCCCCCCCCCCCCCCC. The Bertz CT molecular complexity index is 1980. The van der Waals surface area contributed by atoms with Crippen LogP contribution in [0, 0.1) is 0 Å². The molecule has 14 N–H and O–H groups in total. The molecule has 0 bridgehead atoms. The zero-order valence-corrected chi connectivity index (χ0v) is 61.6. The van der Waals surface area contributed by atoms with E-state index in [9.17, 15) is 75.7 Å². The Labute approximate surface area is 595 Å². The predicted octanol–water partition coefficient (Wildman–Crippen LogP) is 10.0. The topological polar surface area (TPSA) is 373 Å². The second-order valence-corrected chi connectivity index (χ2v) is 29.3. The smallest absolute Gasteiger partial charge is 0.364 e. The first-order valence-electron chi connectivity index (χ1n) is 39.9. The number of ether oxygens (including phenoxy) is 6. The van der Waals surface area contributed by atoms with E-state index in [0.717, 1.165) is 51.9 Å². The number of carboxylic acid groups (broad SMARTS) is 1. The van der Waals surface area contributed by atoms with Gasteiger partial charge in [0.15, 0.2) is 12.6 Å². The Hall–Kier alpha value is -2.27. The number of unbranched alkanes of at least 4 members (excludes halogenated alkanes) is 43. The molecule has 3 aliphatic rings. The number of aliphatic carboxylic acids is 1. The monoisotopic (exact) mass is 1420 g/mol. The van der Waals surface area contributed by atoms with Gasteiger partial charge in [-0.25, -0.2) is 4.79 Å². The summed E-state index contributed by atoms with van der Waals surface area (Å²) in [7, 11) is 0. The van der Waals surface area contributed by atoms with Crippen LogP contribution >= 0.6 is 0 Å². The van der Waals surface area contributed by atoms with Gasteiger partial charge in [0.2, 0.25) is 11.8 Å². The fourth-order valence-corrected chi connectivity index (χ4v) is 14.2. The molecule has 99 heavy (non-hydrogen) atoms. The van der Waals surface area contributed by atoms with Gasteiger partial charge in [0.05, 0.1) is 50.7 Å². The molecular formula is C76H144N2O21. The first-order chi connectivity index (χ1) is 47.9. The normalized spacial score (nSPS) is 27.0. The molecule has 0 aromatic carbocycles. The maximum Gasteiger partial charge on any atom is 0.364 e. The number of aliphatic hydroxyl groups is 11. The number of carboxylic acids is 1. The van der Waals surface area contributed by atoms with Crippen molar-refractivity contribution in [2.45, 2.75) is 439 Å². The standard InChI is InChI=1S/C76H144N2O21/c1-4-6-8-10-12-14-16-18-20-22-24-26-28-30-32-34-36-38-40-42-44-46-48-50-63(86)78-57(58(83)49-47-45-43-41-39-37-35-33-31-29-27-25-23-21-19-17-15-13-11-9-7-5-2)55-94-73-68(90)67(89)70(62(54-81)96-73)97-74-69(91)72(66(88)61(53-80)95-74)99-76(75(92)93)51-59(84)64(77-56(3)82)71(98-76)65(87)60(85)52-79/h57-62,64-74,79-81,83-85,87-91H,4-55H2,1-3H3,(H,77,82)(H,78,86)(H,92,93). The number of rotatable bonds is 63. The number of carbonyl (C=O) groups is 3. The minimum absolute atomic E-state index is 0.230. The van der Waals surface area contributed by atoms with Gasteiger partial charge in [0.25, 0.3) is 5.79 Å². The molecule has 3 rings (SSSR count). The van der Waals surface area contributed by atoms with Gasteiger partial charge >= 0.3 is 5.97 Å². The molecule has 3 fully saturated rings. The average molecular weight is 1420 g/mol. The first kappa shape index (κ1) is 90.9. The van der Waals surface area contributed by atoms with Crippen LogP contribution in [-0.2, 0) is 42.8 Å². The highest BCUT2D eigenvalue weighted by atomic mass is 16.8. The zero-order chi connectivity index (χ0) is 72.5. The number of amides is 2. The van der Waals surface area contributed by atoms with Gasteiger partial charge < -0.3 is 100 Å². The lowest BCUT2D eigenvalue weighted by Crippen LogP contribution is -2.70. The maximum atomic E-state index is 13.6. The first-order valence-corrected chi connectivity index (χ1v) is 39.9. The highest BCUT2D eigenvalue weighted by Gasteiger charge is 2.60. The van der Waals surface area contributed by atoms with Gasteiger partial charge in [-0.1, -0.05) is 296 Å². The quantitative estimate of drug-likeness (QED) is 0.0252. The zero-order valence-electron chi connectivity index (χ0n) is 61.6. The van der Waals surface area contributed by atoms with E-state index >= 15 is 0 Å². The molecule has 23 nitrogen and oxygen atoms in total. The Kier molecular flexibility index (Phi) is 51.5. The van der Waals surface area contributed by atoms with Crippen LogP contribution in [0.15, 0.2) is 0 Å². The molecule has 584 valence electrons. The molecule has 18 atom stereocenters. The van der Waals surface area contributed by atoms with Crippen LogP contribution < -0.4 is 10.6 Å². The number of hydrogen-bond acceptors (Lipinski definition) is 20. The Morgan fingerprint density at radius 3 is 1.26 bits per heavy atom. The van der Waals surface area contributed by atoms with E-state index in [0.29, 0.717) is 19.3 Å². The molecule has 0 spiro atoms. The summed E-state index contributed by atoms with van der Waals surface area (Å²) in [5.41, 5.74) is 0. The third kappa shape index (κ3) is 37.0. The summed E-state index contributed by atoms with van der Waals surface area (Å²) in [6, 6.07) is -2.53. The van der Waals surface area contributed by atoms with E-state index < -0.39 is 148 Å². The van der Waals surface area contributed by atoms with E-state index in [1.807, 2.05) is 0 Å².